The van der Waals surface area contributed by atoms with Gasteiger partial charge in [0.2, 0.25) is 53.2 Å². The summed E-state index contributed by atoms with van der Waals surface area (Å²) in [6, 6.07) is 17.7. The molecule has 0 aliphatic rings. The van der Waals surface area contributed by atoms with E-state index in [-0.39, 0.29) is 63.0 Å². The van der Waals surface area contributed by atoms with Gasteiger partial charge in [0, 0.05) is 66.3 Å². The highest BCUT2D eigenvalue weighted by atomic mass is 32.2. The first kappa shape index (κ1) is 69.3. The molecule has 6 aromatic rings. The molecule has 0 aliphatic carbocycles. The number of aliphatic carboxylic acids is 2. The van der Waals surface area contributed by atoms with Crippen LogP contribution in [0.5, 0.6) is 5.75 Å². The molecule has 0 spiro atoms. The van der Waals surface area contributed by atoms with Gasteiger partial charge in [-0.15, -0.1) is 0 Å². The number of thioether (sulfide) groups is 1. The number of fused-ring (bicyclic) bond motifs is 2. The molecule has 6 rings (SSSR count). The number of rotatable bonds is 36. The molecule has 480 valence electrons. The van der Waals surface area contributed by atoms with Crippen molar-refractivity contribution in [3.63, 3.8) is 0 Å². The van der Waals surface area contributed by atoms with E-state index in [0.29, 0.717) is 22.4 Å². The summed E-state index contributed by atoms with van der Waals surface area (Å²) in [6.45, 7) is 2.73. The van der Waals surface area contributed by atoms with Gasteiger partial charge in [-0.2, -0.15) is 11.8 Å². The molecule has 26 nitrogen and oxygen atoms in total. The van der Waals surface area contributed by atoms with Crippen LogP contribution < -0.4 is 54.0 Å². The highest BCUT2D eigenvalue weighted by molar-refractivity contribution is 7.98. The molecule has 27 heteroatoms. The van der Waals surface area contributed by atoms with Crippen LogP contribution in [0.2, 0.25) is 0 Å². The number of benzene rings is 4. The second-order valence-corrected chi connectivity index (χ2v) is 23.2. The smallest absolute Gasteiger partial charge is 0.326 e. The Hall–Kier alpha value is -9.76. The number of hydrogen-bond donors (Lipinski definition) is 15. The van der Waals surface area contributed by atoms with Crippen molar-refractivity contribution in [2.45, 2.75) is 126 Å². The fraction of sp³-hybridized carbons (Fsp3) is 0.381. The number of aromatic amines is 2. The van der Waals surface area contributed by atoms with Crippen molar-refractivity contribution >= 4 is 98.7 Å². The van der Waals surface area contributed by atoms with Crippen molar-refractivity contribution in [3.8, 4) is 5.75 Å². The molecule has 17 N–H and O–H groups in total. The third-order valence-electron chi connectivity index (χ3n) is 14.7. The molecular weight excluding hydrogens is 1180 g/mol. The van der Waals surface area contributed by atoms with Crippen LogP contribution in [-0.4, -0.2) is 157 Å². The number of nitrogens with two attached hydrogens (primary N) is 2. The monoisotopic (exact) mass is 1260 g/mol. The minimum atomic E-state index is -1.63. The summed E-state index contributed by atoms with van der Waals surface area (Å²) in [7, 11) is 0. The number of carbonyl (C=O) groups is 11. The number of aromatic hydroxyl groups is 1. The summed E-state index contributed by atoms with van der Waals surface area (Å²) in [5.41, 5.74) is 15.5. The zero-order valence-corrected chi connectivity index (χ0v) is 50.9. The number of nitrogens with one attached hydrogen (secondary N) is 10. The van der Waals surface area contributed by atoms with Crippen molar-refractivity contribution in [2.75, 3.05) is 18.6 Å². The van der Waals surface area contributed by atoms with E-state index in [1.807, 2.05) is 12.1 Å². The molecule has 0 unspecified atom stereocenters. The molecule has 0 saturated carbocycles. The van der Waals surface area contributed by atoms with Gasteiger partial charge in [-0.25, -0.2) is 4.79 Å². The summed E-state index contributed by atoms with van der Waals surface area (Å²) in [5, 5.41) is 52.0. The molecule has 8 atom stereocenters. The highest BCUT2D eigenvalue weighted by Gasteiger charge is 2.35. The Morgan fingerprint density at radius 1 is 0.500 bits per heavy atom. The van der Waals surface area contributed by atoms with Crippen LogP contribution in [0.3, 0.4) is 0 Å². The van der Waals surface area contributed by atoms with E-state index >= 15 is 0 Å². The number of H-pyrrole nitrogens is 2. The molecule has 4 aromatic carbocycles. The Balaban J connectivity index is 1.17. The predicted octanol–water partition coefficient (Wildman–Crippen LogP) is 1.48. The Kier molecular flexibility index (Phi) is 26.3. The van der Waals surface area contributed by atoms with Crippen molar-refractivity contribution in [3.05, 3.63) is 138 Å². The normalized spacial score (nSPS) is 13.9. The number of phenolic OH excluding ortho intramolecular Hbond substituents is 1. The number of primary amides is 1. The number of carboxylic acid groups (broad SMARTS) is 2. The first-order chi connectivity index (χ1) is 43.0. The summed E-state index contributed by atoms with van der Waals surface area (Å²) in [4.78, 5) is 155. The SMILES string of the molecule is CSCC[C@H](NC(=O)[C@H](Cc1c[nH]c2ccccc12)NC(=O)[C@H](CCC(N)=O)NC(=O)[C@@H](N)Cc1ccccc1)C(=O)NCC(=O)N[C@@H](Cc1ccc(O)cc1)C(=O)N[C@@H](CCC(=O)O)C(=O)N[C@@H](CC(C)C)C(=O)N[C@@H](Cc1c[nH]c2ccccc12)C(=O)O. The molecule has 0 saturated heterocycles. The average Bonchev–Trinajstić information content (AvgIpc) is 2.35. The van der Waals surface area contributed by atoms with Crippen LogP contribution >= 0.6 is 11.8 Å². The second-order valence-electron chi connectivity index (χ2n) is 22.2. The van der Waals surface area contributed by atoms with Gasteiger partial charge in [-0.05, 0) is 96.5 Å². The minimum absolute atomic E-state index is 0.00102. The van der Waals surface area contributed by atoms with Crippen molar-refractivity contribution in [2.24, 2.45) is 17.4 Å². The van der Waals surface area contributed by atoms with Gasteiger partial charge in [-0.1, -0.05) is 92.7 Å². The molecule has 0 bridgehead atoms. The third-order valence-corrected chi connectivity index (χ3v) is 15.4. The number of carbonyl (C=O) groups excluding carboxylic acids is 9. The maximum Gasteiger partial charge on any atom is 0.326 e. The summed E-state index contributed by atoms with van der Waals surface area (Å²) >= 11 is 1.34. The van der Waals surface area contributed by atoms with Gasteiger partial charge in [0.15, 0.2) is 0 Å². The summed E-state index contributed by atoms with van der Waals surface area (Å²) in [6.07, 6.45) is 2.95. The number of amides is 9. The largest absolute Gasteiger partial charge is 0.508 e. The first-order valence-electron chi connectivity index (χ1n) is 29.3. The number of aromatic nitrogens is 2. The van der Waals surface area contributed by atoms with Gasteiger partial charge in [0.1, 0.15) is 48.0 Å². The molecular formula is C63H78N12O14S. The zero-order chi connectivity index (χ0) is 65.4. The maximum atomic E-state index is 14.6. The molecule has 0 aliphatic heterocycles. The number of para-hydroxylation sites is 2. The Labute approximate surface area is 523 Å². The Morgan fingerprint density at radius 2 is 0.956 bits per heavy atom. The van der Waals surface area contributed by atoms with E-state index in [2.05, 4.69) is 52.5 Å². The van der Waals surface area contributed by atoms with Crippen molar-refractivity contribution in [1.29, 1.82) is 0 Å². The quantitative estimate of drug-likeness (QED) is 0.0265. The number of hydrogen-bond acceptors (Lipinski definition) is 14. The van der Waals surface area contributed by atoms with Crippen LogP contribution in [0.25, 0.3) is 21.8 Å². The lowest BCUT2D eigenvalue weighted by molar-refractivity contribution is -0.142. The fourth-order valence-electron chi connectivity index (χ4n) is 9.96. The van der Waals surface area contributed by atoms with Crippen LogP contribution in [-0.2, 0) is 78.4 Å². The van der Waals surface area contributed by atoms with E-state index in [1.165, 1.54) is 36.0 Å². The van der Waals surface area contributed by atoms with Gasteiger partial charge < -0.3 is 79.3 Å². The number of carboxylic acids is 2. The van der Waals surface area contributed by atoms with Gasteiger partial charge >= 0.3 is 11.9 Å². The van der Waals surface area contributed by atoms with E-state index in [4.69, 9.17) is 11.5 Å². The molecule has 90 heavy (non-hydrogen) atoms. The van der Waals surface area contributed by atoms with Crippen LogP contribution in [0.15, 0.2) is 116 Å². The van der Waals surface area contributed by atoms with Gasteiger partial charge in [0.05, 0.1) is 12.6 Å². The van der Waals surface area contributed by atoms with Gasteiger partial charge in [-0.3, -0.25) is 47.9 Å². The lowest BCUT2D eigenvalue weighted by Crippen LogP contribution is -2.59. The lowest BCUT2D eigenvalue weighted by atomic mass is 10.00. The first-order valence-corrected chi connectivity index (χ1v) is 30.7. The Bertz CT molecular complexity index is 3490. The van der Waals surface area contributed by atoms with Crippen LogP contribution in [0, 0.1) is 5.92 Å². The zero-order valence-electron chi connectivity index (χ0n) is 50.0. The molecule has 9 amide bonds. The van der Waals surface area contributed by atoms with E-state index in [0.717, 1.165) is 27.4 Å². The maximum absolute atomic E-state index is 14.6. The standard InChI is InChI=1S/C63H78N12O14S/c1-35(2)27-49(60(85)75-52(63(88)89)31-39-33-67-45-16-10-8-14-42(39)45)73-59(84)47(22-24-55(79)80)71-61(86)50(29-37-17-19-40(76)20-18-37)69-54(78)34-68-57(82)48(25-26-90-3)72-62(87)51(30-38-32-66-44-15-9-7-13-41(38)44)74-58(83)46(21-23-53(65)77)70-56(81)43(64)28-36-11-5-4-6-12-36/h4-20,32-33,35,43,46-52,66-67,76H,21-31,34,64H2,1-3H3,(H2,65,77)(H,68,82)(H,69,78)(H,70,81)(H,71,86)(H,72,87)(H,73,84)(H,74,83)(H,75,85)(H,79,80)(H,88,89)/t43-,46-,47-,48-,49-,50-,51-,52-/m0/s1. The summed E-state index contributed by atoms with van der Waals surface area (Å²) < 4.78 is 0. The molecule has 2 heterocycles. The topological polar surface area (TPSA) is 428 Å². The highest BCUT2D eigenvalue weighted by Crippen LogP contribution is 2.22. The van der Waals surface area contributed by atoms with E-state index in [1.54, 1.807) is 99.2 Å². The van der Waals surface area contributed by atoms with Crippen molar-refractivity contribution in [1.82, 2.24) is 52.5 Å². The molecule has 0 fully saturated rings. The van der Waals surface area contributed by atoms with Crippen LogP contribution in [0.4, 0.5) is 0 Å². The molecule has 0 radical (unpaired) electrons. The predicted molar refractivity (Wildman–Crippen MR) is 336 cm³/mol. The lowest BCUT2D eigenvalue weighted by Gasteiger charge is -2.27. The van der Waals surface area contributed by atoms with E-state index in [9.17, 15) is 68.1 Å². The third kappa shape index (κ3) is 21.5. The minimum Gasteiger partial charge on any atom is -0.508 e. The van der Waals surface area contributed by atoms with Gasteiger partial charge in [0.25, 0.3) is 0 Å². The van der Waals surface area contributed by atoms with E-state index < -0.39 is 133 Å². The van der Waals surface area contributed by atoms with Crippen molar-refractivity contribution < 1.29 is 68.1 Å². The average molecular weight is 1260 g/mol. The van der Waals surface area contributed by atoms with Crippen LogP contribution in [0.1, 0.15) is 74.6 Å². The Morgan fingerprint density at radius 3 is 1.50 bits per heavy atom. The second kappa shape index (κ2) is 34.1. The number of phenols is 1. The molecule has 2 aromatic heterocycles. The summed E-state index contributed by atoms with van der Waals surface area (Å²) in [5.74, 6) is -10.5. The fourth-order valence-corrected chi connectivity index (χ4v) is 10.4.